The molecule has 2 aromatic carbocycles. The van der Waals surface area contributed by atoms with Crippen LogP contribution in [0, 0.1) is 0 Å². The summed E-state index contributed by atoms with van der Waals surface area (Å²) in [6, 6.07) is 12.5. The Labute approximate surface area is 160 Å². The molecule has 25 heavy (non-hydrogen) atoms. The number of methoxy groups -OCH3 is 1. The maximum atomic E-state index is 12.3. The van der Waals surface area contributed by atoms with Crippen LogP contribution in [0.1, 0.15) is 24.2 Å². The van der Waals surface area contributed by atoms with Crippen molar-refractivity contribution in [3.05, 3.63) is 52.5 Å². The maximum Gasteiger partial charge on any atom is 0.257 e. The quantitative estimate of drug-likeness (QED) is 0.700. The van der Waals surface area contributed by atoms with Crippen molar-refractivity contribution in [3.63, 3.8) is 0 Å². The van der Waals surface area contributed by atoms with Gasteiger partial charge in [-0.05, 0) is 72.3 Å². The second-order valence-corrected chi connectivity index (χ2v) is 6.68. The SMILES string of the molecule is COc1ccc(C(=O)NC(=S)Nc2ccccc2OC(C)C)cc1Br. The molecule has 0 saturated heterocycles. The van der Waals surface area contributed by atoms with Gasteiger partial charge in [-0.25, -0.2) is 0 Å². The Kier molecular flexibility index (Phi) is 6.78. The van der Waals surface area contributed by atoms with Gasteiger partial charge in [-0.1, -0.05) is 12.1 Å². The minimum Gasteiger partial charge on any atom is -0.496 e. The van der Waals surface area contributed by atoms with E-state index in [1.54, 1.807) is 25.3 Å². The van der Waals surface area contributed by atoms with E-state index in [1.165, 1.54) is 0 Å². The number of ether oxygens (including phenoxy) is 2. The van der Waals surface area contributed by atoms with Crippen molar-refractivity contribution in [1.29, 1.82) is 0 Å². The topological polar surface area (TPSA) is 59.6 Å². The Balaban J connectivity index is 2.05. The number of rotatable bonds is 5. The molecular weight excluding hydrogens is 404 g/mol. The number of amides is 1. The highest BCUT2D eigenvalue weighted by Crippen LogP contribution is 2.26. The predicted octanol–water partition coefficient (Wildman–Crippen LogP) is 4.37. The van der Waals surface area contributed by atoms with Crippen molar-refractivity contribution < 1.29 is 14.3 Å². The van der Waals surface area contributed by atoms with E-state index in [2.05, 4.69) is 26.6 Å². The van der Waals surface area contributed by atoms with Crippen molar-refractivity contribution in [2.45, 2.75) is 20.0 Å². The molecule has 0 aliphatic rings. The lowest BCUT2D eigenvalue weighted by Gasteiger charge is -2.16. The van der Waals surface area contributed by atoms with Crippen LogP contribution >= 0.6 is 28.1 Å². The number of para-hydroxylation sites is 2. The molecule has 0 radical (unpaired) electrons. The average Bonchev–Trinajstić information content (AvgIpc) is 2.56. The number of carbonyl (C=O) groups is 1. The van der Waals surface area contributed by atoms with Gasteiger partial charge in [0.25, 0.3) is 5.91 Å². The number of hydrogen-bond acceptors (Lipinski definition) is 4. The molecule has 5 nitrogen and oxygen atoms in total. The van der Waals surface area contributed by atoms with Crippen molar-refractivity contribution in [1.82, 2.24) is 5.32 Å². The summed E-state index contributed by atoms with van der Waals surface area (Å²) in [4.78, 5) is 12.3. The molecule has 2 rings (SSSR count). The summed E-state index contributed by atoms with van der Waals surface area (Å²) >= 11 is 8.59. The Morgan fingerprint density at radius 3 is 2.52 bits per heavy atom. The number of halogens is 1. The molecule has 0 aliphatic heterocycles. The molecule has 2 N–H and O–H groups in total. The fraction of sp³-hybridized carbons (Fsp3) is 0.222. The van der Waals surface area contributed by atoms with Gasteiger partial charge < -0.3 is 14.8 Å². The second kappa shape index (κ2) is 8.82. The third kappa shape index (κ3) is 5.44. The van der Waals surface area contributed by atoms with Crippen molar-refractivity contribution in [2.24, 2.45) is 0 Å². The average molecular weight is 423 g/mol. The smallest absolute Gasteiger partial charge is 0.257 e. The number of carbonyl (C=O) groups excluding carboxylic acids is 1. The highest BCUT2D eigenvalue weighted by Gasteiger charge is 2.12. The summed E-state index contributed by atoms with van der Waals surface area (Å²) < 4.78 is 11.6. The number of nitrogens with one attached hydrogen (secondary N) is 2. The molecule has 0 fully saturated rings. The van der Waals surface area contributed by atoms with Crippen LogP contribution in [-0.2, 0) is 0 Å². The third-order valence-corrected chi connectivity index (χ3v) is 3.96. The van der Waals surface area contributed by atoms with Crippen molar-refractivity contribution in [2.75, 3.05) is 12.4 Å². The molecule has 0 atom stereocenters. The Bertz CT molecular complexity index is 781. The number of hydrogen-bond donors (Lipinski definition) is 2. The van der Waals surface area contributed by atoms with Gasteiger partial charge >= 0.3 is 0 Å². The Morgan fingerprint density at radius 1 is 1.16 bits per heavy atom. The first kappa shape index (κ1) is 19.2. The normalized spacial score (nSPS) is 10.3. The van der Waals surface area contributed by atoms with Crippen LogP contribution in [0.5, 0.6) is 11.5 Å². The standard InChI is InChI=1S/C18H19BrN2O3S/c1-11(2)24-16-7-5-4-6-14(16)20-18(25)21-17(22)12-8-9-15(23-3)13(19)10-12/h4-11H,1-3H3,(H2,20,21,22,25). The molecule has 7 heteroatoms. The van der Waals surface area contributed by atoms with Crippen LogP contribution in [0.15, 0.2) is 46.9 Å². The second-order valence-electron chi connectivity index (χ2n) is 5.42. The summed E-state index contributed by atoms with van der Waals surface area (Å²) in [6.07, 6.45) is 0.0303. The van der Waals surface area contributed by atoms with E-state index in [4.69, 9.17) is 21.7 Å². The molecule has 0 spiro atoms. The first-order chi connectivity index (χ1) is 11.9. The van der Waals surface area contributed by atoms with Gasteiger partial charge in [-0.15, -0.1) is 0 Å². The molecule has 0 aromatic heterocycles. The summed E-state index contributed by atoms with van der Waals surface area (Å²) in [5.41, 5.74) is 1.15. The third-order valence-electron chi connectivity index (χ3n) is 3.14. The number of anilines is 1. The molecule has 0 aliphatic carbocycles. The Morgan fingerprint density at radius 2 is 1.88 bits per heavy atom. The first-order valence-corrected chi connectivity index (χ1v) is 8.82. The van der Waals surface area contributed by atoms with Crippen LogP contribution in [0.2, 0.25) is 0 Å². The summed E-state index contributed by atoms with van der Waals surface area (Å²) in [7, 11) is 1.57. The molecule has 0 heterocycles. The minimum absolute atomic E-state index is 0.0303. The van der Waals surface area contributed by atoms with Gasteiger partial charge in [0.15, 0.2) is 5.11 Å². The van der Waals surface area contributed by atoms with Crippen molar-refractivity contribution in [3.8, 4) is 11.5 Å². The van der Waals surface area contributed by atoms with Crippen molar-refractivity contribution >= 4 is 44.9 Å². The summed E-state index contributed by atoms with van der Waals surface area (Å²) in [5, 5.41) is 5.84. The van der Waals surface area contributed by atoms with Crippen LogP contribution < -0.4 is 20.1 Å². The van der Waals surface area contributed by atoms with E-state index in [-0.39, 0.29) is 17.1 Å². The molecule has 0 bridgehead atoms. The molecule has 1 amide bonds. The lowest BCUT2D eigenvalue weighted by atomic mass is 10.2. The van der Waals surface area contributed by atoms with Gasteiger partial charge in [0.05, 0.1) is 23.4 Å². The monoisotopic (exact) mass is 422 g/mol. The molecule has 0 saturated carbocycles. The van der Waals surface area contributed by atoms with Gasteiger partial charge in [0.2, 0.25) is 0 Å². The number of thiocarbonyl (C=S) groups is 1. The van der Waals surface area contributed by atoms with E-state index in [0.29, 0.717) is 27.2 Å². The maximum absolute atomic E-state index is 12.3. The fourth-order valence-electron chi connectivity index (χ4n) is 2.06. The van der Waals surface area contributed by atoms with E-state index >= 15 is 0 Å². The van der Waals surface area contributed by atoms with E-state index in [1.807, 2.05) is 38.1 Å². The zero-order valence-electron chi connectivity index (χ0n) is 14.1. The van der Waals surface area contributed by atoms with Gasteiger partial charge in [0, 0.05) is 5.56 Å². The van der Waals surface area contributed by atoms with E-state index in [0.717, 1.165) is 0 Å². The van der Waals surface area contributed by atoms with E-state index in [9.17, 15) is 4.79 Å². The highest BCUT2D eigenvalue weighted by molar-refractivity contribution is 9.10. The first-order valence-electron chi connectivity index (χ1n) is 7.62. The predicted molar refractivity (Wildman–Crippen MR) is 107 cm³/mol. The van der Waals surface area contributed by atoms with Crippen LogP contribution in [0.25, 0.3) is 0 Å². The molecule has 0 unspecified atom stereocenters. The zero-order valence-corrected chi connectivity index (χ0v) is 16.5. The minimum atomic E-state index is -0.317. The van der Waals surface area contributed by atoms with Gasteiger partial charge in [-0.3, -0.25) is 10.1 Å². The van der Waals surface area contributed by atoms with Crippen LogP contribution in [0.4, 0.5) is 5.69 Å². The van der Waals surface area contributed by atoms with Gasteiger partial charge in [-0.2, -0.15) is 0 Å². The molecular formula is C18H19BrN2O3S. The summed E-state index contributed by atoms with van der Waals surface area (Å²) in [6.45, 7) is 3.89. The highest BCUT2D eigenvalue weighted by atomic mass is 79.9. The van der Waals surface area contributed by atoms with E-state index < -0.39 is 0 Å². The van der Waals surface area contributed by atoms with Crippen LogP contribution in [-0.4, -0.2) is 24.2 Å². The van der Waals surface area contributed by atoms with Gasteiger partial charge in [0.1, 0.15) is 11.5 Å². The largest absolute Gasteiger partial charge is 0.496 e. The zero-order chi connectivity index (χ0) is 18.4. The van der Waals surface area contributed by atoms with Crippen LogP contribution in [0.3, 0.4) is 0 Å². The molecule has 2 aromatic rings. The number of benzene rings is 2. The fourth-order valence-corrected chi connectivity index (χ4v) is 2.81. The Hall–Kier alpha value is -2.12. The molecule has 132 valence electrons. The lowest BCUT2D eigenvalue weighted by Crippen LogP contribution is -2.34. The summed E-state index contributed by atoms with van der Waals surface area (Å²) in [5.74, 6) is 1.00. The lowest BCUT2D eigenvalue weighted by molar-refractivity contribution is 0.0977.